The van der Waals surface area contributed by atoms with E-state index < -0.39 is 29.0 Å². The highest BCUT2D eigenvalue weighted by Crippen LogP contribution is 2.31. The smallest absolute Gasteiger partial charge is 0.252 e. The Hall–Kier alpha value is -2.67. The van der Waals surface area contributed by atoms with Crippen LogP contribution in [-0.2, 0) is 6.54 Å². The van der Waals surface area contributed by atoms with Gasteiger partial charge in [-0.05, 0) is 42.7 Å². The van der Waals surface area contributed by atoms with Gasteiger partial charge in [-0.15, -0.1) is 0 Å². The number of carbonyl (C=O) groups excluding carboxylic acids is 1. The molecule has 2 aromatic rings. The molecule has 1 aliphatic carbocycles. The van der Waals surface area contributed by atoms with Gasteiger partial charge in [-0.1, -0.05) is 19.3 Å². The quantitative estimate of drug-likeness (QED) is 0.712. The van der Waals surface area contributed by atoms with Crippen molar-refractivity contribution in [2.24, 2.45) is 5.73 Å². The number of hydrogen-bond acceptors (Lipinski definition) is 4. The molecule has 144 valence electrons. The van der Waals surface area contributed by atoms with Crippen LogP contribution in [0, 0.1) is 11.6 Å². The third kappa shape index (κ3) is 4.74. The second kappa shape index (κ2) is 8.35. The van der Waals surface area contributed by atoms with Crippen molar-refractivity contribution >= 4 is 5.91 Å². The van der Waals surface area contributed by atoms with E-state index in [2.05, 4.69) is 5.32 Å². The molecule has 0 radical (unpaired) electrons. The van der Waals surface area contributed by atoms with Crippen molar-refractivity contribution < 1.29 is 23.4 Å². The maximum Gasteiger partial charge on any atom is 0.252 e. The summed E-state index contributed by atoms with van der Waals surface area (Å²) in [6.45, 7) is 0.382. The molecule has 0 unspecified atom stereocenters. The highest BCUT2D eigenvalue weighted by molar-refractivity contribution is 5.95. The molecule has 0 saturated heterocycles. The van der Waals surface area contributed by atoms with E-state index in [0.717, 1.165) is 18.9 Å². The normalized spacial score (nSPS) is 14.9. The molecule has 0 aliphatic heterocycles. The molecule has 1 fully saturated rings. The molecule has 3 rings (SSSR count). The Morgan fingerprint density at radius 3 is 2.41 bits per heavy atom. The van der Waals surface area contributed by atoms with Gasteiger partial charge in [0.15, 0.2) is 17.4 Å². The van der Waals surface area contributed by atoms with Crippen LogP contribution in [0.15, 0.2) is 30.3 Å². The van der Waals surface area contributed by atoms with Gasteiger partial charge in [0, 0.05) is 18.7 Å². The number of amides is 1. The van der Waals surface area contributed by atoms with Crippen LogP contribution < -0.4 is 15.8 Å². The summed E-state index contributed by atoms with van der Waals surface area (Å²) in [4.78, 5) is 11.1. The number of benzene rings is 2. The summed E-state index contributed by atoms with van der Waals surface area (Å²) >= 11 is 0. The van der Waals surface area contributed by atoms with E-state index >= 15 is 0 Å². The van der Waals surface area contributed by atoms with E-state index in [1.807, 2.05) is 0 Å². The van der Waals surface area contributed by atoms with Crippen LogP contribution in [0.3, 0.4) is 0 Å². The van der Waals surface area contributed by atoms with E-state index in [1.165, 1.54) is 43.5 Å². The monoisotopic (exact) mass is 376 g/mol. The Morgan fingerprint density at radius 2 is 1.81 bits per heavy atom. The second-order valence-corrected chi connectivity index (χ2v) is 6.75. The van der Waals surface area contributed by atoms with Crippen molar-refractivity contribution in [2.75, 3.05) is 0 Å². The first-order valence-corrected chi connectivity index (χ1v) is 8.96. The van der Waals surface area contributed by atoms with Crippen molar-refractivity contribution in [3.05, 3.63) is 53.1 Å². The first kappa shape index (κ1) is 19.1. The maximum absolute atomic E-state index is 14.3. The van der Waals surface area contributed by atoms with Crippen LogP contribution >= 0.6 is 0 Å². The number of halogens is 2. The molecule has 0 aromatic heterocycles. The molecule has 1 amide bonds. The first-order valence-electron chi connectivity index (χ1n) is 8.96. The number of primary amides is 1. The summed E-state index contributed by atoms with van der Waals surface area (Å²) in [5.41, 5.74) is 5.49. The molecule has 1 aliphatic rings. The zero-order valence-electron chi connectivity index (χ0n) is 14.8. The van der Waals surface area contributed by atoms with Gasteiger partial charge in [-0.25, -0.2) is 8.78 Å². The zero-order valence-corrected chi connectivity index (χ0v) is 14.8. The average molecular weight is 376 g/mol. The minimum atomic E-state index is -0.839. The molecule has 1 saturated carbocycles. The maximum atomic E-state index is 14.3. The standard InChI is InChI=1S/C20H22F2N2O3/c21-16-8-12(11-24-13-4-2-1-3-5-13)9-17(22)19(16)27-14-6-7-15(20(23)26)18(25)10-14/h6-10,13,24-25H,1-5,11H2,(H2,23,26). The SMILES string of the molecule is NC(=O)c1ccc(Oc2c(F)cc(CNC3CCCCC3)cc2F)cc1O. The number of phenols is 1. The van der Waals surface area contributed by atoms with Crippen molar-refractivity contribution in [3.63, 3.8) is 0 Å². The number of ether oxygens (including phenoxy) is 1. The van der Waals surface area contributed by atoms with Crippen molar-refractivity contribution in [3.8, 4) is 17.2 Å². The van der Waals surface area contributed by atoms with Crippen LogP contribution in [0.4, 0.5) is 8.78 Å². The van der Waals surface area contributed by atoms with Crippen LogP contribution in [0.25, 0.3) is 0 Å². The summed E-state index contributed by atoms with van der Waals surface area (Å²) in [6.07, 6.45) is 5.75. The fourth-order valence-electron chi connectivity index (χ4n) is 3.28. The van der Waals surface area contributed by atoms with Crippen molar-refractivity contribution in [1.29, 1.82) is 0 Å². The summed E-state index contributed by atoms with van der Waals surface area (Å²) < 4.78 is 33.9. The van der Waals surface area contributed by atoms with E-state index in [9.17, 15) is 18.7 Å². The number of nitrogens with two attached hydrogens (primary N) is 1. The number of hydrogen-bond donors (Lipinski definition) is 3. The van der Waals surface area contributed by atoms with Crippen molar-refractivity contribution in [2.45, 2.75) is 44.7 Å². The summed E-state index contributed by atoms with van der Waals surface area (Å²) in [5.74, 6) is -3.49. The average Bonchev–Trinajstić information content (AvgIpc) is 2.63. The fourth-order valence-corrected chi connectivity index (χ4v) is 3.28. The molecular weight excluding hydrogens is 354 g/mol. The van der Waals surface area contributed by atoms with Gasteiger partial charge in [-0.3, -0.25) is 4.79 Å². The molecule has 2 aromatic carbocycles. The predicted octanol–water partition coefficient (Wildman–Crippen LogP) is 3.98. The van der Waals surface area contributed by atoms with Gasteiger partial charge in [0.1, 0.15) is 11.5 Å². The molecule has 0 spiro atoms. The lowest BCUT2D eigenvalue weighted by molar-refractivity contribution is 0.0997. The van der Waals surface area contributed by atoms with Crippen molar-refractivity contribution in [1.82, 2.24) is 5.32 Å². The highest BCUT2D eigenvalue weighted by atomic mass is 19.1. The lowest BCUT2D eigenvalue weighted by atomic mass is 9.95. The molecule has 0 atom stereocenters. The number of carbonyl (C=O) groups is 1. The summed E-state index contributed by atoms with van der Waals surface area (Å²) in [6, 6.07) is 6.45. The van der Waals surface area contributed by atoms with Crippen LogP contribution in [0.2, 0.25) is 0 Å². The Morgan fingerprint density at radius 1 is 1.15 bits per heavy atom. The van der Waals surface area contributed by atoms with Gasteiger partial charge >= 0.3 is 0 Å². The lowest BCUT2D eigenvalue weighted by Gasteiger charge is -2.23. The van der Waals surface area contributed by atoms with Crippen LogP contribution in [-0.4, -0.2) is 17.1 Å². The number of rotatable bonds is 6. The fraction of sp³-hybridized carbons (Fsp3) is 0.350. The minimum absolute atomic E-state index is 0.0108. The minimum Gasteiger partial charge on any atom is -0.507 e. The molecule has 27 heavy (non-hydrogen) atoms. The van der Waals surface area contributed by atoms with E-state index in [0.29, 0.717) is 18.2 Å². The first-order chi connectivity index (χ1) is 12.9. The third-order valence-corrected chi connectivity index (χ3v) is 4.71. The second-order valence-electron chi connectivity index (χ2n) is 6.75. The van der Waals surface area contributed by atoms with Gasteiger partial charge in [-0.2, -0.15) is 0 Å². The largest absolute Gasteiger partial charge is 0.507 e. The predicted molar refractivity (Wildman–Crippen MR) is 96.8 cm³/mol. The van der Waals surface area contributed by atoms with Gasteiger partial charge in [0.25, 0.3) is 5.91 Å². The van der Waals surface area contributed by atoms with Gasteiger partial charge < -0.3 is 20.9 Å². The molecular formula is C20H22F2N2O3. The highest BCUT2D eigenvalue weighted by Gasteiger charge is 2.17. The number of aromatic hydroxyl groups is 1. The van der Waals surface area contributed by atoms with Gasteiger partial charge in [0.05, 0.1) is 5.56 Å². The van der Waals surface area contributed by atoms with Crippen LogP contribution in [0.1, 0.15) is 48.0 Å². The lowest BCUT2D eigenvalue weighted by Crippen LogP contribution is -2.30. The molecule has 5 nitrogen and oxygen atoms in total. The number of nitrogens with one attached hydrogen (secondary N) is 1. The summed E-state index contributed by atoms with van der Waals surface area (Å²) in [5, 5.41) is 13.1. The molecule has 0 bridgehead atoms. The van der Waals surface area contributed by atoms with Gasteiger partial charge in [0.2, 0.25) is 0 Å². The summed E-state index contributed by atoms with van der Waals surface area (Å²) in [7, 11) is 0. The van der Waals surface area contributed by atoms with E-state index in [1.54, 1.807) is 0 Å². The van der Waals surface area contributed by atoms with Crippen LogP contribution in [0.5, 0.6) is 17.2 Å². The Labute approximate surface area is 156 Å². The zero-order chi connectivity index (χ0) is 19.4. The molecule has 0 heterocycles. The Balaban J connectivity index is 1.71. The molecule has 4 N–H and O–H groups in total. The third-order valence-electron chi connectivity index (χ3n) is 4.71. The Kier molecular flexibility index (Phi) is 5.91. The Bertz CT molecular complexity index is 813. The van der Waals surface area contributed by atoms with E-state index in [4.69, 9.17) is 10.5 Å². The van der Waals surface area contributed by atoms with E-state index in [-0.39, 0.29) is 11.3 Å². The molecule has 7 heteroatoms. The topological polar surface area (TPSA) is 84.6 Å².